The van der Waals surface area contributed by atoms with Gasteiger partial charge in [0.05, 0.1) is 13.0 Å². The number of anilines is 1. The highest BCUT2D eigenvalue weighted by Gasteiger charge is 2.15. The number of nitrogens with one attached hydrogen (secondary N) is 1. The Morgan fingerprint density at radius 2 is 1.60 bits per heavy atom. The number of benzene rings is 2. The molecule has 0 bridgehead atoms. The second-order valence-corrected chi connectivity index (χ2v) is 5.63. The second kappa shape index (κ2) is 9.56. The van der Waals surface area contributed by atoms with Gasteiger partial charge in [0.1, 0.15) is 0 Å². The number of rotatable bonds is 8. The maximum absolute atomic E-state index is 12.6. The zero-order valence-electron chi connectivity index (χ0n) is 13.9. The number of para-hydroxylation sites is 1. The average molecular weight is 342 g/mol. The van der Waals surface area contributed by atoms with Crippen LogP contribution in [0.2, 0.25) is 0 Å². The molecule has 0 aliphatic rings. The quantitative estimate of drug-likeness (QED) is 0.503. The van der Waals surface area contributed by atoms with Crippen molar-refractivity contribution in [2.24, 2.45) is 0 Å². The summed E-state index contributed by atoms with van der Waals surface area (Å²) in [7, 11) is 0. The standard InChI is InChI=1S/C19H22N2O4/c22-13-12-21(17-4-2-1-3-5-17)19(24)14-16-8-6-15(7-9-16)10-11-18(23)20-25/h1-9,22,25H,10-14H2,(H,20,23). The van der Waals surface area contributed by atoms with E-state index in [9.17, 15) is 14.7 Å². The van der Waals surface area contributed by atoms with Gasteiger partial charge in [0.15, 0.2) is 0 Å². The van der Waals surface area contributed by atoms with Gasteiger partial charge in [-0.1, -0.05) is 42.5 Å². The van der Waals surface area contributed by atoms with Crippen molar-refractivity contribution in [1.82, 2.24) is 5.48 Å². The molecular weight excluding hydrogens is 320 g/mol. The lowest BCUT2D eigenvalue weighted by Crippen LogP contribution is -2.34. The Labute approximate surface area is 146 Å². The fraction of sp³-hybridized carbons (Fsp3) is 0.263. The van der Waals surface area contributed by atoms with Crippen LogP contribution in [0.4, 0.5) is 5.69 Å². The van der Waals surface area contributed by atoms with E-state index < -0.39 is 5.91 Å². The molecule has 0 aliphatic heterocycles. The van der Waals surface area contributed by atoms with Crippen LogP contribution in [0, 0.1) is 0 Å². The van der Waals surface area contributed by atoms with Crippen molar-refractivity contribution in [3.63, 3.8) is 0 Å². The van der Waals surface area contributed by atoms with Gasteiger partial charge in [0.2, 0.25) is 11.8 Å². The van der Waals surface area contributed by atoms with Crippen molar-refractivity contribution in [1.29, 1.82) is 0 Å². The van der Waals surface area contributed by atoms with E-state index >= 15 is 0 Å². The van der Waals surface area contributed by atoms with Gasteiger partial charge in [-0.25, -0.2) is 5.48 Å². The van der Waals surface area contributed by atoms with Crippen LogP contribution in [-0.4, -0.2) is 35.3 Å². The molecule has 0 unspecified atom stereocenters. The van der Waals surface area contributed by atoms with Crippen molar-refractivity contribution in [3.8, 4) is 0 Å². The van der Waals surface area contributed by atoms with E-state index in [1.165, 1.54) is 0 Å². The summed E-state index contributed by atoms with van der Waals surface area (Å²) in [5.41, 5.74) is 4.17. The summed E-state index contributed by atoms with van der Waals surface area (Å²) < 4.78 is 0. The topological polar surface area (TPSA) is 89.9 Å². The first-order valence-electron chi connectivity index (χ1n) is 8.11. The third-order valence-corrected chi connectivity index (χ3v) is 3.84. The monoisotopic (exact) mass is 342 g/mol. The van der Waals surface area contributed by atoms with Crippen molar-refractivity contribution >= 4 is 17.5 Å². The van der Waals surface area contributed by atoms with E-state index in [0.717, 1.165) is 16.8 Å². The van der Waals surface area contributed by atoms with Crippen molar-refractivity contribution in [3.05, 3.63) is 65.7 Å². The lowest BCUT2D eigenvalue weighted by Gasteiger charge is -2.22. The zero-order chi connectivity index (χ0) is 18.1. The Kier molecular flexibility index (Phi) is 7.13. The summed E-state index contributed by atoms with van der Waals surface area (Å²) in [5.74, 6) is -0.519. The third kappa shape index (κ3) is 5.70. The number of nitrogens with zero attached hydrogens (tertiary/aromatic N) is 1. The second-order valence-electron chi connectivity index (χ2n) is 5.63. The highest BCUT2D eigenvalue weighted by atomic mass is 16.5. The number of carbonyl (C=O) groups excluding carboxylic acids is 2. The van der Waals surface area contributed by atoms with Gasteiger partial charge in [-0.15, -0.1) is 0 Å². The van der Waals surface area contributed by atoms with Crippen LogP contribution in [0.25, 0.3) is 0 Å². The normalized spacial score (nSPS) is 10.3. The van der Waals surface area contributed by atoms with E-state index in [4.69, 9.17) is 5.21 Å². The van der Waals surface area contributed by atoms with Gasteiger partial charge in [-0.05, 0) is 29.7 Å². The molecule has 132 valence electrons. The predicted octanol–water partition coefficient (Wildman–Crippen LogP) is 1.69. The van der Waals surface area contributed by atoms with E-state index in [-0.39, 0.29) is 31.9 Å². The zero-order valence-corrected chi connectivity index (χ0v) is 13.9. The molecule has 0 saturated carbocycles. The van der Waals surface area contributed by atoms with Gasteiger partial charge in [0, 0.05) is 18.7 Å². The van der Waals surface area contributed by atoms with E-state index in [0.29, 0.717) is 6.42 Å². The minimum absolute atomic E-state index is 0.0901. The molecule has 6 nitrogen and oxygen atoms in total. The number of amides is 2. The molecule has 0 aliphatic carbocycles. The molecule has 3 N–H and O–H groups in total. The number of aliphatic hydroxyl groups is 1. The van der Waals surface area contributed by atoms with Crippen LogP contribution in [0.3, 0.4) is 0 Å². The predicted molar refractivity (Wildman–Crippen MR) is 94.3 cm³/mol. The molecule has 0 saturated heterocycles. The van der Waals surface area contributed by atoms with Crippen LogP contribution in [0.1, 0.15) is 17.5 Å². The fourth-order valence-electron chi connectivity index (χ4n) is 2.51. The minimum atomic E-state index is -0.429. The van der Waals surface area contributed by atoms with Gasteiger partial charge < -0.3 is 10.0 Å². The molecule has 2 amide bonds. The molecule has 2 rings (SSSR count). The minimum Gasteiger partial charge on any atom is -0.395 e. The Hall–Kier alpha value is -2.70. The Bertz CT molecular complexity index is 686. The lowest BCUT2D eigenvalue weighted by atomic mass is 10.0. The van der Waals surface area contributed by atoms with Crippen molar-refractivity contribution < 1.29 is 19.9 Å². The van der Waals surface area contributed by atoms with Crippen molar-refractivity contribution in [2.75, 3.05) is 18.1 Å². The molecule has 0 spiro atoms. The first-order valence-corrected chi connectivity index (χ1v) is 8.11. The molecule has 0 aromatic heterocycles. The number of carbonyl (C=O) groups is 2. The number of hydroxylamine groups is 1. The Balaban J connectivity index is 1.99. The highest BCUT2D eigenvalue weighted by Crippen LogP contribution is 2.15. The third-order valence-electron chi connectivity index (χ3n) is 3.84. The van der Waals surface area contributed by atoms with Crippen LogP contribution in [0.5, 0.6) is 0 Å². The molecule has 2 aromatic carbocycles. The van der Waals surface area contributed by atoms with Crippen LogP contribution < -0.4 is 10.4 Å². The van der Waals surface area contributed by atoms with E-state index in [1.54, 1.807) is 10.4 Å². The molecule has 0 heterocycles. The van der Waals surface area contributed by atoms with Crippen LogP contribution >= 0.6 is 0 Å². The molecule has 0 atom stereocenters. The lowest BCUT2D eigenvalue weighted by molar-refractivity contribution is -0.129. The maximum atomic E-state index is 12.6. The molecule has 6 heteroatoms. The summed E-state index contributed by atoms with van der Waals surface area (Å²) in [6.07, 6.45) is 0.945. The summed E-state index contributed by atoms with van der Waals surface area (Å²) in [5, 5.41) is 17.7. The van der Waals surface area contributed by atoms with Gasteiger partial charge in [0.25, 0.3) is 0 Å². The Morgan fingerprint density at radius 1 is 0.960 bits per heavy atom. The molecule has 2 aromatic rings. The molecule has 25 heavy (non-hydrogen) atoms. The first-order chi connectivity index (χ1) is 12.1. The maximum Gasteiger partial charge on any atom is 0.243 e. The van der Waals surface area contributed by atoms with Crippen LogP contribution in [0.15, 0.2) is 54.6 Å². The average Bonchev–Trinajstić information content (AvgIpc) is 2.65. The largest absolute Gasteiger partial charge is 0.395 e. The molecular formula is C19H22N2O4. The van der Waals surface area contributed by atoms with E-state index in [1.807, 2.05) is 54.6 Å². The Morgan fingerprint density at radius 3 is 2.20 bits per heavy atom. The van der Waals surface area contributed by atoms with Gasteiger partial charge >= 0.3 is 0 Å². The van der Waals surface area contributed by atoms with E-state index in [2.05, 4.69) is 0 Å². The number of hydrogen-bond acceptors (Lipinski definition) is 4. The first kappa shape index (κ1) is 18.6. The summed E-state index contributed by atoms with van der Waals surface area (Å²) >= 11 is 0. The summed E-state index contributed by atoms with van der Waals surface area (Å²) in [4.78, 5) is 25.2. The number of hydrogen-bond donors (Lipinski definition) is 3. The van der Waals surface area contributed by atoms with Crippen molar-refractivity contribution in [2.45, 2.75) is 19.3 Å². The number of aliphatic hydroxyl groups excluding tert-OH is 1. The van der Waals surface area contributed by atoms with Gasteiger partial charge in [-0.3, -0.25) is 14.8 Å². The highest BCUT2D eigenvalue weighted by molar-refractivity contribution is 5.94. The smallest absolute Gasteiger partial charge is 0.243 e. The van der Waals surface area contributed by atoms with Crippen LogP contribution in [-0.2, 0) is 22.4 Å². The molecule has 0 radical (unpaired) electrons. The molecule has 0 fully saturated rings. The summed E-state index contributed by atoms with van der Waals surface area (Å²) in [6, 6.07) is 16.7. The fourth-order valence-corrected chi connectivity index (χ4v) is 2.51. The SMILES string of the molecule is O=C(CCc1ccc(CC(=O)N(CCO)c2ccccc2)cc1)NO. The number of aryl methyl sites for hydroxylation is 1. The van der Waals surface area contributed by atoms with Gasteiger partial charge in [-0.2, -0.15) is 0 Å². The summed E-state index contributed by atoms with van der Waals surface area (Å²) in [6.45, 7) is 0.143.